The Bertz CT molecular complexity index is 543. The lowest BCUT2D eigenvalue weighted by Crippen LogP contribution is -2.18. The van der Waals surface area contributed by atoms with E-state index in [0.717, 1.165) is 23.2 Å². The van der Waals surface area contributed by atoms with Crippen molar-refractivity contribution in [3.63, 3.8) is 0 Å². The highest BCUT2D eigenvalue weighted by Crippen LogP contribution is 2.25. The highest BCUT2D eigenvalue weighted by molar-refractivity contribution is 6.30. The molecule has 0 spiro atoms. The topological polar surface area (TPSA) is 47.7 Å². The minimum absolute atomic E-state index is 0.194. The molecule has 5 nitrogen and oxygen atoms in total. The number of aryl methyl sites for hydroxylation is 3. The van der Waals surface area contributed by atoms with Crippen LogP contribution in [0.3, 0.4) is 0 Å². The van der Waals surface area contributed by atoms with Crippen LogP contribution in [0.25, 0.3) is 0 Å². The fraction of sp³-hybridized carbons (Fsp3) is 0.500. The maximum Gasteiger partial charge on any atom is 0.130 e. The summed E-state index contributed by atoms with van der Waals surface area (Å²) in [5.74, 6) is 0. The Balaban J connectivity index is 2.25. The summed E-state index contributed by atoms with van der Waals surface area (Å²) in [6.07, 6.45) is 4.70. The van der Waals surface area contributed by atoms with E-state index in [1.165, 1.54) is 0 Å². The minimum Gasteiger partial charge on any atom is -0.313 e. The van der Waals surface area contributed by atoms with E-state index in [0.29, 0.717) is 5.15 Å². The molecule has 0 aliphatic heterocycles. The van der Waals surface area contributed by atoms with Crippen molar-refractivity contribution in [3.05, 3.63) is 34.4 Å². The molecule has 0 fully saturated rings. The van der Waals surface area contributed by atoms with Crippen molar-refractivity contribution in [2.45, 2.75) is 19.4 Å². The lowest BCUT2D eigenvalue weighted by atomic mass is 10.0. The Kier molecular flexibility index (Phi) is 3.73. The fourth-order valence-electron chi connectivity index (χ4n) is 2.12. The van der Waals surface area contributed by atoms with Gasteiger partial charge in [-0.25, -0.2) is 0 Å². The smallest absolute Gasteiger partial charge is 0.130 e. The highest BCUT2D eigenvalue weighted by Gasteiger charge is 2.18. The number of hydrogen-bond donors (Lipinski definition) is 1. The standard InChI is InChI=1S/C12H18ClN5/c1-8-10(12(13)18(4)16-8)5-11(14-2)9-6-15-17(3)7-9/h6-7,11,14H,5H2,1-4H3. The van der Waals surface area contributed by atoms with Gasteiger partial charge in [0, 0.05) is 37.5 Å². The van der Waals surface area contributed by atoms with Crippen LogP contribution in [0.4, 0.5) is 0 Å². The first kappa shape index (κ1) is 13.1. The minimum atomic E-state index is 0.194. The van der Waals surface area contributed by atoms with Gasteiger partial charge >= 0.3 is 0 Å². The summed E-state index contributed by atoms with van der Waals surface area (Å²) < 4.78 is 3.51. The Morgan fingerprint density at radius 2 is 2.17 bits per heavy atom. The molecule has 2 aromatic rings. The molecule has 2 heterocycles. The van der Waals surface area contributed by atoms with E-state index >= 15 is 0 Å². The maximum absolute atomic E-state index is 6.26. The molecule has 0 aliphatic rings. The number of rotatable bonds is 4. The Labute approximate surface area is 112 Å². The van der Waals surface area contributed by atoms with Gasteiger partial charge in [-0.1, -0.05) is 11.6 Å². The first-order chi connectivity index (χ1) is 8.52. The van der Waals surface area contributed by atoms with Crippen molar-refractivity contribution in [1.82, 2.24) is 24.9 Å². The van der Waals surface area contributed by atoms with E-state index in [1.54, 1.807) is 9.36 Å². The normalized spacial score (nSPS) is 12.9. The molecule has 1 unspecified atom stereocenters. The first-order valence-electron chi connectivity index (χ1n) is 5.86. The van der Waals surface area contributed by atoms with Crippen molar-refractivity contribution in [2.24, 2.45) is 14.1 Å². The van der Waals surface area contributed by atoms with Gasteiger partial charge in [-0.2, -0.15) is 10.2 Å². The molecular weight excluding hydrogens is 250 g/mol. The summed E-state index contributed by atoms with van der Waals surface area (Å²) in [4.78, 5) is 0. The molecule has 6 heteroatoms. The van der Waals surface area contributed by atoms with Gasteiger partial charge in [-0.3, -0.25) is 9.36 Å². The molecule has 0 aromatic carbocycles. The second-order valence-electron chi connectivity index (χ2n) is 4.47. The van der Waals surface area contributed by atoms with Crippen molar-refractivity contribution < 1.29 is 0 Å². The van der Waals surface area contributed by atoms with Gasteiger partial charge < -0.3 is 5.32 Å². The third-order valence-electron chi connectivity index (χ3n) is 3.15. The van der Waals surface area contributed by atoms with Crippen LogP contribution < -0.4 is 5.32 Å². The number of nitrogens with zero attached hydrogens (tertiary/aromatic N) is 4. The molecule has 0 radical (unpaired) electrons. The Morgan fingerprint density at radius 1 is 1.44 bits per heavy atom. The van der Waals surface area contributed by atoms with Crippen LogP contribution in [0, 0.1) is 6.92 Å². The van der Waals surface area contributed by atoms with Gasteiger partial charge in [0.15, 0.2) is 0 Å². The summed E-state index contributed by atoms with van der Waals surface area (Å²) in [6.45, 7) is 1.98. The molecule has 0 saturated heterocycles. The monoisotopic (exact) mass is 267 g/mol. The molecule has 0 amide bonds. The van der Waals surface area contributed by atoms with Crippen LogP contribution in [0.5, 0.6) is 0 Å². The van der Waals surface area contributed by atoms with E-state index in [4.69, 9.17) is 11.6 Å². The molecule has 0 bridgehead atoms. The highest BCUT2D eigenvalue weighted by atomic mass is 35.5. The number of likely N-dealkylation sites (N-methyl/N-ethyl adjacent to an activating group) is 1. The van der Waals surface area contributed by atoms with Crippen LogP contribution >= 0.6 is 11.6 Å². The average Bonchev–Trinajstić information content (AvgIpc) is 2.84. The summed E-state index contributed by atoms with van der Waals surface area (Å²) in [5.41, 5.74) is 3.22. The van der Waals surface area contributed by atoms with Crippen molar-refractivity contribution in [1.29, 1.82) is 0 Å². The molecular formula is C12H18ClN5. The average molecular weight is 268 g/mol. The van der Waals surface area contributed by atoms with Gasteiger partial charge in [0.25, 0.3) is 0 Å². The largest absolute Gasteiger partial charge is 0.313 e. The van der Waals surface area contributed by atoms with E-state index in [-0.39, 0.29) is 6.04 Å². The fourth-order valence-corrected chi connectivity index (χ4v) is 2.37. The van der Waals surface area contributed by atoms with Crippen LogP contribution in [0.1, 0.15) is 22.9 Å². The molecule has 0 aliphatic carbocycles. The maximum atomic E-state index is 6.26. The van der Waals surface area contributed by atoms with Crippen LogP contribution in [0.2, 0.25) is 5.15 Å². The second-order valence-corrected chi connectivity index (χ2v) is 4.83. The van der Waals surface area contributed by atoms with Gasteiger partial charge in [0.05, 0.1) is 11.9 Å². The quantitative estimate of drug-likeness (QED) is 0.916. The van der Waals surface area contributed by atoms with Gasteiger partial charge in [0.2, 0.25) is 0 Å². The van der Waals surface area contributed by atoms with Crippen molar-refractivity contribution in [2.75, 3.05) is 7.05 Å². The van der Waals surface area contributed by atoms with E-state index < -0.39 is 0 Å². The van der Waals surface area contributed by atoms with Crippen LogP contribution in [0.15, 0.2) is 12.4 Å². The van der Waals surface area contributed by atoms with E-state index in [1.807, 2.05) is 40.5 Å². The predicted octanol–water partition coefficient (Wildman–Crippen LogP) is 1.62. The number of aromatic nitrogens is 4. The molecule has 0 saturated carbocycles. The number of hydrogen-bond acceptors (Lipinski definition) is 3. The third kappa shape index (κ3) is 2.42. The molecule has 2 aromatic heterocycles. The number of halogens is 1. The summed E-state index contributed by atoms with van der Waals surface area (Å²) in [6, 6.07) is 0.194. The summed E-state index contributed by atoms with van der Waals surface area (Å²) >= 11 is 6.26. The SMILES string of the molecule is CNC(Cc1c(C)nn(C)c1Cl)c1cnn(C)c1. The van der Waals surface area contributed by atoms with Gasteiger partial charge in [-0.05, 0) is 20.4 Å². The Hall–Kier alpha value is -1.33. The summed E-state index contributed by atoms with van der Waals surface area (Å²) in [7, 11) is 5.72. The lowest BCUT2D eigenvalue weighted by Gasteiger charge is -2.14. The lowest BCUT2D eigenvalue weighted by molar-refractivity contribution is 0.589. The summed E-state index contributed by atoms with van der Waals surface area (Å²) in [5, 5.41) is 12.5. The van der Waals surface area contributed by atoms with Crippen molar-refractivity contribution >= 4 is 11.6 Å². The van der Waals surface area contributed by atoms with Crippen molar-refractivity contribution in [3.8, 4) is 0 Å². The molecule has 1 atom stereocenters. The van der Waals surface area contributed by atoms with Crippen LogP contribution in [-0.2, 0) is 20.5 Å². The zero-order valence-corrected chi connectivity index (χ0v) is 11.9. The van der Waals surface area contributed by atoms with Gasteiger partial charge in [-0.15, -0.1) is 0 Å². The van der Waals surface area contributed by atoms with Gasteiger partial charge in [0.1, 0.15) is 5.15 Å². The third-order valence-corrected chi connectivity index (χ3v) is 3.63. The molecule has 1 N–H and O–H groups in total. The van der Waals surface area contributed by atoms with E-state index in [9.17, 15) is 0 Å². The zero-order valence-electron chi connectivity index (χ0n) is 11.1. The number of nitrogens with one attached hydrogen (secondary N) is 1. The van der Waals surface area contributed by atoms with E-state index in [2.05, 4.69) is 15.5 Å². The molecule has 98 valence electrons. The Morgan fingerprint density at radius 3 is 2.61 bits per heavy atom. The second kappa shape index (κ2) is 5.12. The molecule has 18 heavy (non-hydrogen) atoms. The predicted molar refractivity (Wildman–Crippen MR) is 71.7 cm³/mol. The zero-order chi connectivity index (χ0) is 13.3. The first-order valence-corrected chi connectivity index (χ1v) is 6.24. The van der Waals surface area contributed by atoms with Crippen LogP contribution in [-0.4, -0.2) is 26.6 Å². The molecule has 2 rings (SSSR count).